The average Bonchev–Trinajstić information content (AvgIpc) is 3.20. The minimum absolute atomic E-state index is 0.0513. The van der Waals surface area contributed by atoms with Crippen LogP contribution in [0.25, 0.3) is 0 Å². The van der Waals surface area contributed by atoms with Crippen LogP contribution in [0.2, 0.25) is 0 Å². The van der Waals surface area contributed by atoms with Gasteiger partial charge in [-0.3, -0.25) is 14.5 Å². The highest BCUT2D eigenvalue weighted by Gasteiger charge is 2.53. The fourth-order valence-electron chi connectivity index (χ4n) is 4.79. The Morgan fingerprint density at radius 1 is 0.816 bits per heavy atom. The van der Waals surface area contributed by atoms with Gasteiger partial charge in [0, 0.05) is 0 Å². The molecule has 38 heavy (non-hydrogen) atoms. The second-order valence-corrected chi connectivity index (χ2v) is 9.20. The number of hydrogen-bond donors (Lipinski definition) is 2. The maximum atomic E-state index is 13.2. The summed E-state index contributed by atoms with van der Waals surface area (Å²) in [4.78, 5) is 27.3. The highest BCUT2D eigenvalue weighted by molar-refractivity contribution is 6.21. The van der Waals surface area contributed by atoms with Crippen LogP contribution < -0.4 is 4.74 Å². The first kappa shape index (κ1) is 26.0. The molecule has 2 aliphatic rings. The summed E-state index contributed by atoms with van der Waals surface area (Å²) in [5.74, 6) is -0.429. The van der Waals surface area contributed by atoms with E-state index in [9.17, 15) is 19.8 Å². The van der Waals surface area contributed by atoms with Crippen LogP contribution in [0.5, 0.6) is 5.75 Å². The quantitative estimate of drug-likeness (QED) is 0.415. The predicted molar refractivity (Wildman–Crippen MR) is 135 cm³/mol. The fourth-order valence-corrected chi connectivity index (χ4v) is 4.79. The number of hydrogen-bond acceptors (Lipinski definition) is 8. The van der Waals surface area contributed by atoms with Gasteiger partial charge in [0.05, 0.1) is 38.1 Å². The monoisotopic (exact) mass is 519 g/mol. The summed E-state index contributed by atoms with van der Waals surface area (Å²) in [6.07, 6.45) is -4.99. The van der Waals surface area contributed by atoms with Gasteiger partial charge in [0.15, 0.2) is 6.29 Å². The summed E-state index contributed by atoms with van der Waals surface area (Å²) >= 11 is 0. The molecule has 5 atom stereocenters. The minimum atomic E-state index is -1.60. The standard InChI is InChI=1S/C29H29NO8/c1-35-20-13-11-19(12-14-20)15-36-17-23-25(31)26(37-16-18-7-3-2-4-8-18)24(29(34)38-23)30-27(32)21-9-5-6-10-22(21)28(30)33/h2-14,23-26,29,31,34H,15-17H2,1H3/t23-,24-,25-,26-,29-/m1/s1. The third-order valence-corrected chi connectivity index (χ3v) is 6.78. The molecule has 9 nitrogen and oxygen atoms in total. The Morgan fingerprint density at radius 2 is 1.42 bits per heavy atom. The number of carbonyl (C=O) groups excluding carboxylic acids is 2. The van der Waals surface area contributed by atoms with Crippen LogP contribution in [0.4, 0.5) is 0 Å². The molecule has 0 aliphatic carbocycles. The molecule has 3 aromatic rings. The molecule has 1 fully saturated rings. The lowest BCUT2D eigenvalue weighted by atomic mass is 9.95. The third kappa shape index (κ3) is 5.20. The molecule has 0 saturated carbocycles. The molecule has 3 aromatic carbocycles. The number of aliphatic hydroxyl groups excluding tert-OH is 2. The molecule has 2 aliphatic heterocycles. The van der Waals surface area contributed by atoms with Crippen molar-refractivity contribution < 1.29 is 38.7 Å². The Bertz CT molecular complexity index is 1230. The highest BCUT2D eigenvalue weighted by atomic mass is 16.6. The van der Waals surface area contributed by atoms with Crippen molar-refractivity contribution in [1.82, 2.24) is 4.90 Å². The summed E-state index contributed by atoms with van der Waals surface area (Å²) in [6, 6.07) is 21.8. The van der Waals surface area contributed by atoms with Gasteiger partial charge in [-0.2, -0.15) is 0 Å². The second kappa shape index (κ2) is 11.4. The fraction of sp³-hybridized carbons (Fsp3) is 0.310. The summed E-state index contributed by atoms with van der Waals surface area (Å²) in [7, 11) is 1.59. The molecule has 0 bridgehead atoms. The molecule has 2 N–H and O–H groups in total. The van der Waals surface area contributed by atoms with Gasteiger partial charge >= 0.3 is 0 Å². The van der Waals surface area contributed by atoms with Crippen LogP contribution in [-0.2, 0) is 27.4 Å². The zero-order valence-electron chi connectivity index (χ0n) is 20.8. The molecule has 2 amide bonds. The number of aliphatic hydroxyl groups is 2. The van der Waals surface area contributed by atoms with Crippen molar-refractivity contribution in [3.63, 3.8) is 0 Å². The predicted octanol–water partition coefficient (Wildman–Crippen LogP) is 2.54. The van der Waals surface area contributed by atoms with E-state index in [0.717, 1.165) is 21.8 Å². The molecular formula is C29H29NO8. The molecule has 2 heterocycles. The van der Waals surface area contributed by atoms with Crippen molar-refractivity contribution in [2.45, 2.75) is 43.9 Å². The van der Waals surface area contributed by atoms with E-state index >= 15 is 0 Å². The average molecular weight is 520 g/mol. The maximum Gasteiger partial charge on any atom is 0.262 e. The number of carbonyl (C=O) groups is 2. The number of fused-ring (bicyclic) bond motifs is 1. The van der Waals surface area contributed by atoms with Crippen LogP contribution in [0.1, 0.15) is 31.8 Å². The van der Waals surface area contributed by atoms with Gasteiger partial charge in [-0.25, -0.2) is 0 Å². The summed E-state index contributed by atoms with van der Waals surface area (Å²) < 4.78 is 22.7. The SMILES string of the molecule is COc1ccc(COC[C@H]2O[C@@H](O)[C@H](N3C(=O)c4ccccc4C3=O)[C@@H](OCc3ccccc3)[C@@H]2O)cc1. The van der Waals surface area contributed by atoms with Crippen LogP contribution in [0.15, 0.2) is 78.9 Å². The summed E-state index contributed by atoms with van der Waals surface area (Å²) in [5, 5.41) is 22.3. The van der Waals surface area contributed by atoms with Gasteiger partial charge in [0.1, 0.15) is 30.1 Å². The van der Waals surface area contributed by atoms with Gasteiger partial charge in [-0.05, 0) is 35.4 Å². The van der Waals surface area contributed by atoms with Crippen molar-refractivity contribution in [2.24, 2.45) is 0 Å². The number of ether oxygens (including phenoxy) is 4. The maximum absolute atomic E-state index is 13.2. The largest absolute Gasteiger partial charge is 0.497 e. The van der Waals surface area contributed by atoms with Crippen molar-refractivity contribution in [3.05, 3.63) is 101 Å². The summed E-state index contributed by atoms with van der Waals surface area (Å²) in [5.41, 5.74) is 2.17. The second-order valence-electron chi connectivity index (χ2n) is 9.20. The van der Waals surface area contributed by atoms with E-state index in [2.05, 4.69) is 0 Å². The van der Waals surface area contributed by atoms with Crippen LogP contribution in [-0.4, -0.2) is 71.3 Å². The molecule has 198 valence electrons. The lowest BCUT2D eigenvalue weighted by molar-refractivity contribution is -0.276. The van der Waals surface area contributed by atoms with E-state index in [0.29, 0.717) is 0 Å². The van der Waals surface area contributed by atoms with Crippen LogP contribution >= 0.6 is 0 Å². The van der Waals surface area contributed by atoms with E-state index in [-0.39, 0.29) is 30.9 Å². The Morgan fingerprint density at radius 3 is 2.05 bits per heavy atom. The number of amides is 2. The highest BCUT2D eigenvalue weighted by Crippen LogP contribution is 2.33. The first-order valence-corrected chi connectivity index (χ1v) is 12.3. The number of methoxy groups -OCH3 is 1. The molecule has 9 heteroatoms. The van der Waals surface area contributed by atoms with Gasteiger partial charge < -0.3 is 29.2 Å². The number of benzene rings is 3. The van der Waals surface area contributed by atoms with Gasteiger partial charge in [-0.1, -0.05) is 54.6 Å². The van der Waals surface area contributed by atoms with Crippen molar-refractivity contribution in [1.29, 1.82) is 0 Å². The minimum Gasteiger partial charge on any atom is -0.497 e. The van der Waals surface area contributed by atoms with E-state index in [1.807, 2.05) is 54.6 Å². The van der Waals surface area contributed by atoms with Crippen LogP contribution in [0.3, 0.4) is 0 Å². The number of rotatable bonds is 9. The molecule has 0 spiro atoms. The van der Waals surface area contributed by atoms with Gasteiger partial charge in [0.25, 0.3) is 11.8 Å². The molecular weight excluding hydrogens is 490 g/mol. The van der Waals surface area contributed by atoms with Crippen molar-refractivity contribution in [2.75, 3.05) is 13.7 Å². The molecule has 0 radical (unpaired) electrons. The van der Waals surface area contributed by atoms with E-state index < -0.39 is 42.5 Å². The molecule has 0 unspecified atom stereocenters. The topological polar surface area (TPSA) is 115 Å². The lowest BCUT2D eigenvalue weighted by Crippen LogP contribution is -2.66. The Balaban J connectivity index is 1.34. The van der Waals surface area contributed by atoms with E-state index in [4.69, 9.17) is 18.9 Å². The molecule has 1 saturated heterocycles. The Hall–Kier alpha value is -3.60. The normalized spacial score (nSPS) is 24.9. The number of imide groups is 1. The molecule has 5 rings (SSSR count). The Labute approximate surface area is 220 Å². The summed E-state index contributed by atoms with van der Waals surface area (Å²) in [6.45, 7) is 0.280. The van der Waals surface area contributed by atoms with Gasteiger partial charge in [0.2, 0.25) is 0 Å². The number of nitrogens with zero attached hydrogens (tertiary/aromatic N) is 1. The van der Waals surface area contributed by atoms with E-state index in [1.165, 1.54) is 0 Å². The smallest absolute Gasteiger partial charge is 0.262 e. The van der Waals surface area contributed by atoms with Crippen molar-refractivity contribution >= 4 is 11.8 Å². The first-order chi connectivity index (χ1) is 18.5. The van der Waals surface area contributed by atoms with Crippen molar-refractivity contribution in [3.8, 4) is 5.75 Å². The lowest BCUT2D eigenvalue weighted by Gasteiger charge is -2.45. The van der Waals surface area contributed by atoms with E-state index in [1.54, 1.807) is 31.4 Å². The zero-order valence-corrected chi connectivity index (χ0v) is 20.8. The van der Waals surface area contributed by atoms with Gasteiger partial charge in [-0.15, -0.1) is 0 Å². The first-order valence-electron chi connectivity index (χ1n) is 12.3. The Kier molecular flexibility index (Phi) is 7.82. The van der Waals surface area contributed by atoms with Crippen LogP contribution in [0, 0.1) is 0 Å². The zero-order chi connectivity index (χ0) is 26.6. The molecule has 0 aromatic heterocycles. The third-order valence-electron chi connectivity index (χ3n) is 6.78.